The Morgan fingerprint density at radius 1 is 1.33 bits per heavy atom. The van der Waals surface area contributed by atoms with Gasteiger partial charge in [0.2, 0.25) is 0 Å². The Labute approximate surface area is 129 Å². The van der Waals surface area contributed by atoms with Crippen LogP contribution in [0, 0.1) is 0 Å². The average Bonchev–Trinajstić information content (AvgIpc) is 2.50. The first-order valence-corrected chi connectivity index (χ1v) is 7.18. The van der Waals surface area contributed by atoms with E-state index < -0.39 is 0 Å². The van der Waals surface area contributed by atoms with Crippen molar-refractivity contribution >= 4 is 23.2 Å². The first-order chi connectivity index (χ1) is 10.1. The van der Waals surface area contributed by atoms with Crippen molar-refractivity contribution in [2.45, 2.75) is 13.5 Å². The van der Waals surface area contributed by atoms with Gasteiger partial charge in [-0.05, 0) is 24.6 Å². The van der Waals surface area contributed by atoms with E-state index in [1.165, 1.54) is 0 Å². The largest absolute Gasteiger partial charge is 0.383 e. The van der Waals surface area contributed by atoms with Gasteiger partial charge in [0.1, 0.15) is 0 Å². The maximum atomic E-state index is 12.6. The number of amides is 1. The highest BCUT2D eigenvalue weighted by atomic mass is 35.5. The fourth-order valence-corrected chi connectivity index (χ4v) is 2.27. The SMILES string of the molecule is CCNc1cnccc1C(=O)N(C)Cc1ccccc1Cl. The molecule has 0 aliphatic rings. The molecule has 0 saturated carbocycles. The Hall–Kier alpha value is -2.07. The summed E-state index contributed by atoms with van der Waals surface area (Å²) in [5.74, 6) is -0.0618. The molecule has 0 unspecified atom stereocenters. The van der Waals surface area contributed by atoms with Crippen LogP contribution in [0.2, 0.25) is 5.02 Å². The molecule has 0 radical (unpaired) electrons. The molecule has 0 atom stereocenters. The number of hydrogen-bond donors (Lipinski definition) is 1. The molecule has 0 spiro atoms. The van der Waals surface area contributed by atoms with Crippen LogP contribution >= 0.6 is 11.6 Å². The van der Waals surface area contributed by atoms with E-state index in [-0.39, 0.29) is 5.91 Å². The zero-order valence-electron chi connectivity index (χ0n) is 12.1. The summed E-state index contributed by atoms with van der Waals surface area (Å²) in [4.78, 5) is 18.3. The summed E-state index contributed by atoms with van der Waals surface area (Å²) in [5.41, 5.74) is 2.28. The van der Waals surface area contributed by atoms with E-state index in [9.17, 15) is 4.79 Å². The van der Waals surface area contributed by atoms with Gasteiger partial charge in [0, 0.05) is 31.4 Å². The fourth-order valence-electron chi connectivity index (χ4n) is 2.07. The van der Waals surface area contributed by atoms with Crippen molar-refractivity contribution in [3.05, 3.63) is 58.9 Å². The van der Waals surface area contributed by atoms with Crippen molar-refractivity contribution in [2.24, 2.45) is 0 Å². The molecule has 2 rings (SSSR count). The predicted molar refractivity (Wildman–Crippen MR) is 85.7 cm³/mol. The third-order valence-corrected chi connectivity index (χ3v) is 3.50. The normalized spacial score (nSPS) is 10.2. The number of carbonyl (C=O) groups is 1. The molecule has 0 bridgehead atoms. The number of anilines is 1. The first kappa shape index (κ1) is 15.3. The summed E-state index contributed by atoms with van der Waals surface area (Å²) in [5, 5.41) is 3.82. The van der Waals surface area contributed by atoms with E-state index in [4.69, 9.17) is 11.6 Å². The zero-order chi connectivity index (χ0) is 15.2. The summed E-state index contributed by atoms with van der Waals surface area (Å²) >= 11 is 6.14. The molecule has 21 heavy (non-hydrogen) atoms. The molecule has 0 aliphatic carbocycles. The number of aromatic nitrogens is 1. The number of pyridine rings is 1. The highest BCUT2D eigenvalue weighted by Crippen LogP contribution is 2.19. The van der Waals surface area contributed by atoms with Crippen LogP contribution in [0.5, 0.6) is 0 Å². The summed E-state index contributed by atoms with van der Waals surface area (Å²) in [6.45, 7) is 3.18. The lowest BCUT2D eigenvalue weighted by Crippen LogP contribution is -2.27. The van der Waals surface area contributed by atoms with Gasteiger partial charge in [0.15, 0.2) is 0 Å². The second-order valence-electron chi connectivity index (χ2n) is 4.70. The van der Waals surface area contributed by atoms with Crippen LogP contribution in [0.25, 0.3) is 0 Å². The molecule has 5 heteroatoms. The highest BCUT2D eigenvalue weighted by molar-refractivity contribution is 6.31. The zero-order valence-corrected chi connectivity index (χ0v) is 12.9. The number of nitrogens with one attached hydrogen (secondary N) is 1. The Bertz CT molecular complexity index is 630. The lowest BCUT2D eigenvalue weighted by Gasteiger charge is -2.19. The van der Waals surface area contributed by atoms with Gasteiger partial charge in [-0.3, -0.25) is 9.78 Å². The summed E-state index contributed by atoms with van der Waals surface area (Å²) in [6, 6.07) is 9.26. The smallest absolute Gasteiger partial charge is 0.256 e. The Kier molecular flexibility index (Phi) is 5.17. The molecule has 0 aliphatic heterocycles. The minimum absolute atomic E-state index is 0.0618. The highest BCUT2D eigenvalue weighted by Gasteiger charge is 2.16. The van der Waals surface area contributed by atoms with Crippen LogP contribution in [-0.4, -0.2) is 29.4 Å². The van der Waals surface area contributed by atoms with Crippen molar-refractivity contribution in [3.8, 4) is 0 Å². The average molecular weight is 304 g/mol. The van der Waals surface area contributed by atoms with E-state index in [1.54, 1.807) is 30.4 Å². The van der Waals surface area contributed by atoms with E-state index in [2.05, 4.69) is 10.3 Å². The van der Waals surface area contributed by atoms with Gasteiger partial charge in [0.25, 0.3) is 5.91 Å². The molecular weight excluding hydrogens is 286 g/mol. The van der Waals surface area contributed by atoms with Crippen molar-refractivity contribution < 1.29 is 4.79 Å². The van der Waals surface area contributed by atoms with E-state index in [0.717, 1.165) is 17.8 Å². The Morgan fingerprint density at radius 2 is 2.10 bits per heavy atom. The maximum absolute atomic E-state index is 12.6. The lowest BCUT2D eigenvalue weighted by molar-refractivity contribution is 0.0786. The molecule has 4 nitrogen and oxygen atoms in total. The standard InChI is InChI=1S/C16H18ClN3O/c1-3-19-15-10-18-9-8-13(15)16(21)20(2)11-12-6-4-5-7-14(12)17/h4-10,19H,3,11H2,1-2H3. The molecule has 1 amide bonds. The van der Waals surface area contributed by atoms with E-state index >= 15 is 0 Å². The molecule has 2 aromatic rings. The van der Waals surface area contributed by atoms with Crippen molar-refractivity contribution in [3.63, 3.8) is 0 Å². The van der Waals surface area contributed by atoms with Crippen molar-refractivity contribution in [1.29, 1.82) is 0 Å². The van der Waals surface area contributed by atoms with Gasteiger partial charge in [-0.15, -0.1) is 0 Å². The van der Waals surface area contributed by atoms with Gasteiger partial charge < -0.3 is 10.2 Å². The van der Waals surface area contributed by atoms with Gasteiger partial charge in [0.05, 0.1) is 17.4 Å². The van der Waals surface area contributed by atoms with Crippen LogP contribution in [0.3, 0.4) is 0 Å². The second-order valence-corrected chi connectivity index (χ2v) is 5.11. The molecule has 110 valence electrons. The van der Waals surface area contributed by atoms with Gasteiger partial charge in [-0.25, -0.2) is 0 Å². The quantitative estimate of drug-likeness (QED) is 0.920. The monoisotopic (exact) mass is 303 g/mol. The minimum Gasteiger partial charge on any atom is -0.383 e. The van der Waals surface area contributed by atoms with Gasteiger partial charge in [-0.2, -0.15) is 0 Å². The topological polar surface area (TPSA) is 45.2 Å². The lowest BCUT2D eigenvalue weighted by atomic mass is 10.1. The Morgan fingerprint density at radius 3 is 2.81 bits per heavy atom. The van der Waals surface area contributed by atoms with Gasteiger partial charge in [-0.1, -0.05) is 29.8 Å². The Balaban J connectivity index is 2.18. The van der Waals surface area contributed by atoms with Crippen LogP contribution < -0.4 is 5.32 Å². The number of nitrogens with zero attached hydrogens (tertiary/aromatic N) is 2. The maximum Gasteiger partial charge on any atom is 0.256 e. The molecule has 1 N–H and O–H groups in total. The van der Waals surface area contributed by atoms with Crippen LogP contribution in [0.15, 0.2) is 42.7 Å². The van der Waals surface area contributed by atoms with Crippen LogP contribution in [0.1, 0.15) is 22.8 Å². The molecule has 1 aromatic heterocycles. The third-order valence-electron chi connectivity index (χ3n) is 3.13. The third kappa shape index (κ3) is 3.73. The predicted octanol–water partition coefficient (Wildman–Crippen LogP) is 3.44. The molecular formula is C16H18ClN3O. The molecule has 1 aromatic carbocycles. The second kappa shape index (κ2) is 7.09. The number of halogens is 1. The van der Waals surface area contributed by atoms with Gasteiger partial charge >= 0.3 is 0 Å². The van der Waals surface area contributed by atoms with E-state index in [0.29, 0.717) is 17.1 Å². The van der Waals surface area contributed by atoms with Crippen LogP contribution in [-0.2, 0) is 6.54 Å². The summed E-state index contributed by atoms with van der Waals surface area (Å²) < 4.78 is 0. The van der Waals surface area contributed by atoms with Crippen molar-refractivity contribution in [2.75, 3.05) is 18.9 Å². The first-order valence-electron chi connectivity index (χ1n) is 6.80. The summed E-state index contributed by atoms with van der Waals surface area (Å²) in [7, 11) is 1.77. The molecule has 0 fully saturated rings. The molecule has 0 saturated heterocycles. The molecule has 1 heterocycles. The fraction of sp³-hybridized carbons (Fsp3) is 0.250. The van der Waals surface area contributed by atoms with Crippen molar-refractivity contribution in [1.82, 2.24) is 9.88 Å². The number of hydrogen-bond acceptors (Lipinski definition) is 3. The summed E-state index contributed by atoms with van der Waals surface area (Å²) in [6.07, 6.45) is 3.29. The number of carbonyl (C=O) groups excluding carboxylic acids is 1. The number of benzene rings is 1. The van der Waals surface area contributed by atoms with E-state index in [1.807, 2.05) is 31.2 Å². The minimum atomic E-state index is -0.0618. The number of rotatable bonds is 5. The van der Waals surface area contributed by atoms with Crippen LogP contribution in [0.4, 0.5) is 5.69 Å².